The smallest absolute Gasteiger partial charge is 0.409 e. The van der Waals surface area contributed by atoms with Crippen molar-refractivity contribution in [3.05, 3.63) is 42.2 Å². The standard InChI is InChI=1S/C19H25N5O2/c1-3-15-7-5-6-8-16(15)22-17-13-18(21-14-20-17)23-9-11-24(12-10-23)19(25)26-4-2/h5-8,13-14H,3-4,9-12H2,1-2H3,(H,20,21,22). The van der Waals surface area contributed by atoms with E-state index in [1.807, 2.05) is 25.1 Å². The van der Waals surface area contributed by atoms with E-state index in [9.17, 15) is 4.79 Å². The number of amides is 1. The molecule has 138 valence electrons. The van der Waals surface area contributed by atoms with E-state index < -0.39 is 0 Å². The fraction of sp³-hybridized carbons (Fsp3) is 0.421. The van der Waals surface area contributed by atoms with Crippen molar-refractivity contribution in [2.24, 2.45) is 0 Å². The predicted octanol–water partition coefficient (Wildman–Crippen LogP) is 3.06. The number of carbonyl (C=O) groups is 1. The lowest BCUT2D eigenvalue weighted by atomic mass is 10.1. The van der Waals surface area contributed by atoms with E-state index in [2.05, 4.69) is 39.2 Å². The fourth-order valence-corrected chi connectivity index (χ4v) is 3.01. The summed E-state index contributed by atoms with van der Waals surface area (Å²) >= 11 is 0. The van der Waals surface area contributed by atoms with Crippen molar-refractivity contribution in [1.82, 2.24) is 14.9 Å². The first-order valence-electron chi connectivity index (χ1n) is 9.05. The molecule has 1 fully saturated rings. The van der Waals surface area contributed by atoms with Crippen LogP contribution < -0.4 is 10.2 Å². The predicted molar refractivity (Wildman–Crippen MR) is 102 cm³/mol. The molecule has 26 heavy (non-hydrogen) atoms. The van der Waals surface area contributed by atoms with Gasteiger partial charge in [-0.05, 0) is 25.0 Å². The van der Waals surface area contributed by atoms with E-state index in [0.717, 1.165) is 36.8 Å². The van der Waals surface area contributed by atoms with Crippen molar-refractivity contribution in [2.45, 2.75) is 20.3 Å². The third kappa shape index (κ3) is 4.22. The molecule has 1 N–H and O–H groups in total. The summed E-state index contributed by atoms with van der Waals surface area (Å²) in [6.07, 6.45) is 2.29. The van der Waals surface area contributed by atoms with Gasteiger partial charge in [0.2, 0.25) is 0 Å². The summed E-state index contributed by atoms with van der Waals surface area (Å²) in [5.74, 6) is 1.63. The molecule has 1 aliphatic rings. The lowest BCUT2D eigenvalue weighted by Gasteiger charge is -2.34. The molecule has 1 amide bonds. The molecule has 2 aromatic rings. The van der Waals surface area contributed by atoms with Gasteiger partial charge in [-0.15, -0.1) is 0 Å². The number of piperazine rings is 1. The van der Waals surface area contributed by atoms with E-state index >= 15 is 0 Å². The van der Waals surface area contributed by atoms with Crippen molar-refractivity contribution in [2.75, 3.05) is 43.0 Å². The first-order valence-corrected chi connectivity index (χ1v) is 9.05. The summed E-state index contributed by atoms with van der Waals surface area (Å²) in [5.41, 5.74) is 2.31. The second-order valence-corrected chi connectivity index (χ2v) is 6.07. The number of hydrogen-bond acceptors (Lipinski definition) is 6. The van der Waals surface area contributed by atoms with Gasteiger partial charge >= 0.3 is 6.09 Å². The number of nitrogens with one attached hydrogen (secondary N) is 1. The second-order valence-electron chi connectivity index (χ2n) is 6.07. The highest BCUT2D eigenvalue weighted by Gasteiger charge is 2.22. The lowest BCUT2D eigenvalue weighted by molar-refractivity contribution is 0.105. The van der Waals surface area contributed by atoms with Crippen LogP contribution in [0.25, 0.3) is 0 Å². The normalized spacial score (nSPS) is 14.2. The van der Waals surface area contributed by atoms with Crippen LogP contribution in [0.4, 0.5) is 22.1 Å². The summed E-state index contributed by atoms with van der Waals surface area (Å²) in [5, 5.41) is 3.38. The maximum Gasteiger partial charge on any atom is 0.409 e. The molecule has 0 spiro atoms. The van der Waals surface area contributed by atoms with Crippen molar-refractivity contribution in [1.29, 1.82) is 0 Å². The Balaban J connectivity index is 1.66. The number of para-hydroxylation sites is 1. The van der Waals surface area contributed by atoms with Gasteiger partial charge in [0.1, 0.15) is 18.0 Å². The van der Waals surface area contributed by atoms with Gasteiger partial charge < -0.3 is 19.9 Å². The fourth-order valence-electron chi connectivity index (χ4n) is 3.01. The SMILES string of the molecule is CCOC(=O)N1CCN(c2cc(Nc3ccccc3CC)ncn2)CC1. The summed E-state index contributed by atoms with van der Waals surface area (Å²) in [7, 11) is 0. The number of nitrogens with zero attached hydrogens (tertiary/aromatic N) is 4. The van der Waals surface area contributed by atoms with Crippen molar-refractivity contribution >= 4 is 23.4 Å². The van der Waals surface area contributed by atoms with Crippen LogP contribution in [0.5, 0.6) is 0 Å². The Bertz CT molecular complexity index is 744. The van der Waals surface area contributed by atoms with Crippen LogP contribution in [-0.4, -0.2) is 53.7 Å². The highest BCUT2D eigenvalue weighted by atomic mass is 16.6. The second kappa shape index (κ2) is 8.51. The van der Waals surface area contributed by atoms with Crippen LogP contribution in [0.2, 0.25) is 0 Å². The summed E-state index contributed by atoms with van der Waals surface area (Å²) in [4.78, 5) is 24.4. The van der Waals surface area contributed by atoms with Gasteiger partial charge in [-0.1, -0.05) is 25.1 Å². The Morgan fingerprint density at radius 3 is 2.65 bits per heavy atom. The molecule has 1 aromatic heterocycles. The van der Waals surface area contributed by atoms with Crippen LogP contribution in [0.15, 0.2) is 36.7 Å². The van der Waals surface area contributed by atoms with Gasteiger partial charge in [-0.2, -0.15) is 0 Å². The first kappa shape index (κ1) is 18.0. The van der Waals surface area contributed by atoms with E-state index in [0.29, 0.717) is 19.7 Å². The average molecular weight is 355 g/mol. The highest BCUT2D eigenvalue weighted by molar-refractivity contribution is 5.68. The number of ether oxygens (including phenoxy) is 1. The minimum atomic E-state index is -0.242. The number of hydrogen-bond donors (Lipinski definition) is 1. The monoisotopic (exact) mass is 355 g/mol. The Morgan fingerprint density at radius 1 is 1.15 bits per heavy atom. The number of anilines is 3. The van der Waals surface area contributed by atoms with Gasteiger partial charge in [-0.25, -0.2) is 14.8 Å². The van der Waals surface area contributed by atoms with Crippen molar-refractivity contribution in [3.8, 4) is 0 Å². The molecule has 0 bridgehead atoms. The molecule has 7 nitrogen and oxygen atoms in total. The van der Waals surface area contributed by atoms with Gasteiger partial charge in [0.25, 0.3) is 0 Å². The zero-order valence-electron chi connectivity index (χ0n) is 15.3. The van der Waals surface area contributed by atoms with Gasteiger partial charge in [0.05, 0.1) is 6.61 Å². The van der Waals surface area contributed by atoms with Crippen LogP contribution in [0.3, 0.4) is 0 Å². The molecule has 0 radical (unpaired) electrons. The largest absolute Gasteiger partial charge is 0.450 e. The van der Waals surface area contributed by atoms with E-state index in [1.165, 1.54) is 5.56 Å². The summed E-state index contributed by atoms with van der Waals surface area (Å²) < 4.78 is 5.06. The summed E-state index contributed by atoms with van der Waals surface area (Å²) in [6.45, 7) is 7.06. The number of benzene rings is 1. The van der Waals surface area contributed by atoms with Crippen LogP contribution in [-0.2, 0) is 11.2 Å². The molecule has 0 aliphatic carbocycles. The Labute approximate surface area is 154 Å². The molecule has 3 rings (SSSR count). The zero-order chi connectivity index (χ0) is 18.4. The number of rotatable bonds is 5. The Morgan fingerprint density at radius 2 is 1.92 bits per heavy atom. The van der Waals surface area contributed by atoms with Crippen molar-refractivity contribution < 1.29 is 9.53 Å². The maximum atomic E-state index is 11.8. The molecule has 2 heterocycles. The molecule has 7 heteroatoms. The molecule has 0 unspecified atom stereocenters. The molecule has 1 saturated heterocycles. The van der Waals surface area contributed by atoms with E-state index in [4.69, 9.17) is 4.74 Å². The summed E-state index contributed by atoms with van der Waals surface area (Å²) in [6, 6.07) is 10.2. The van der Waals surface area contributed by atoms with Crippen LogP contribution >= 0.6 is 0 Å². The minimum absolute atomic E-state index is 0.242. The number of aromatic nitrogens is 2. The number of carbonyl (C=O) groups excluding carboxylic acids is 1. The quantitative estimate of drug-likeness (QED) is 0.889. The molecule has 0 saturated carbocycles. The van der Waals surface area contributed by atoms with Crippen molar-refractivity contribution in [3.63, 3.8) is 0 Å². The lowest BCUT2D eigenvalue weighted by Crippen LogP contribution is -2.49. The molecule has 1 aliphatic heterocycles. The average Bonchev–Trinajstić information content (AvgIpc) is 2.69. The van der Waals surface area contributed by atoms with Gasteiger partial charge in [-0.3, -0.25) is 0 Å². The maximum absolute atomic E-state index is 11.8. The highest BCUT2D eigenvalue weighted by Crippen LogP contribution is 2.22. The van der Waals surface area contributed by atoms with Gasteiger partial charge in [0, 0.05) is 37.9 Å². The minimum Gasteiger partial charge on any atom is -0.450 e. The first-order chi connectivity index (χ1) is 12.7. The molecule has 0 atom stereocenters. The van der Waals surface area contributed by atoms with Crippen LogP contribution in [0, 0.1) is 0 Å². The Hall–Kier alpha value is -2.83. The molecule has 1 aromatic carbocycles. The van der Waals surface area contributed by atoms with Crippen LogP contribution in [0.1, 0.15) is 19.4 Å². The van der Waals surface area contributed by atoms with E-state index in [-0.39, 0.29) is 6.09 Å². The Kier molecular flexibility index (Phi) is 5.88. The molecular weight excluding hydrogens is 330 g/mol. The number of aryl methyl sites for hydroxylation is 1. The van der Waals surface area contributed by atoms with Gasteiger partial charge in [0.15, 0.2) is 0 Å². The third-order valence-electron chi connectivity index (χ3n) is 4.44. The zero-order valence-corrected chi connectivity index (χ0v) is 15.3. The topological polar surface area (TPSA) is 70.6 Å². The van der Waals surface area contributed by atoms with E-state index in [1.54, 1.807) is 11.2 Å². The molecular formula is C19H25N5O2. The third-order valence-corrected chi connectivity index (χ3v) is 4.44.